The normalized spacial score (nSPS) is 21.8. The van der Waals surface area contributed by atoms with E-state index in [1.54, 1.807) is 26.3 Å². The fraction of sp³-hybridized carbons (Fsp3) is 0.462. The number of benzene rings is 1. The number of hydrogen-bond donors (Lipinski definition) is 1. The Morgan fingerprint density at radius 1 is 1.22 bits per heavy atom. The van der Waals surface area contributed by atoms with Crippen molar-refractivity contribution in [2.75, 3.05) is 45.7 Å². The van der Waals surface area contributed by atoms with E-state index < -0.39 is 6.09 Å². The lowest BCUT2D eigenvalue weighted by molar-refractivity contribution is -0.713. The molecular weight excluding hydrogens is 460 g/mol. The van der Waals surface area contributed by atoms with E-state index in [1.165, 1.54) is 0 Å². The van der Waals surface area contributed by atoms with Crippen molar-refractivity contribution in [1.29, 1.82) is 0 Å². The van der Waals surface area contributed by atoms with E-state index in [1.807, 2.05) is 36.4 Å². The van der Waals surface area contributed by atoms with Crippen LogP contribution in [-0.2, 0) is 9.53 Å². The number of anilines is 1. The maximum absolute atomic E-state index is 12.4. The molecule has 10 nitrogen and oxygen atoms in total. The number of hydrogen-bond acceptors (Lipinski definition) is 7. The Balaban J connectivity index is 1.59. The van der Waals surface area contributed by atoms with E-state index in [2.05, 4.69) is 29.2 Å². The number of aliphatic imine (C=N–C) groups is 2. The molecule has 1 unspecified atom stereocenters. The van der Waals surface area contributed by atoms with Crippen molar-refractivity contribution < 1.29 is 23.5 Å². The molecule has 192 valence electrons. The van der Waals surface area contributed by atoms with Crippen LogP contribution in [0.5, 0.6) is 5.75 Å². The highest BCUT2D eigenvalue weighted by Gasteiger charge is 2.44. The van der Waals surface area contributed by atoms with E-state index in [9.17, 15) is 9.59 Å². The van der Waals surface area contributed by atoms with Gasteiger partial charge < -0.3 is 19.3 Å². The molecule has 1 aromatic rings. The van der Waals surface area contributed by atoms with Gasteiger partial charge in [0.15, 0.2) is 5.82 Å². The third-order valence-corrected chi connectivity index (χ3v) is 6.75. The van der Waals surface area contributed by atoms with E-state index in [0.29, 0.717) is 42.1 Å². The smallest absolute Gasteiger partial charge is 0.412 e. The first-order valence-electron chi connectivity index (χ1n) is 12.3. The van der Waals surface area contributed by atoms with Crippen LogP contribution in [0.1, 0.15) is 39.2 Å². The molecule has 10 heteroatoms. The average molecular weight is 496 g/mol. The SMILES string of the molecule is CCC[C@H](C)OC(=O)Nc1ccc(C2=NC(N3CCN(C(C)=O)CC3)=C3C=NC=C[N+]23C)cc1OC. The van der Waals surface area contributed by atoms with Crippen LogP contribution in [0.2, 0.25) is 0 Å². The number of nitrogens with zero attached hydrogens (tertiary/aromatic N) is 5. The lowest BCUT2D eigenvalue weighted by Gasteiger charge is -2.35. The fourth-order valence-electron chi connectivity index (χ4n) is 4.72. The van der Waals surface area contributed by atoms with Crippen LogP contribution in [0.15, 0.2) is 52.1 Å². The van der Waals surface area contributed by atoms with Crippen molar-refractivity contribution in [2.24, 2.45) is 9.98 Å². The van der Waals surface area contributed by atoms with Crippen LogP contribution in [0.25, 0.3) is 0 Å². The number of methoxy groups -OCH3 is 1. The second kappa shape index (κ2) is 10.5. The molecule has 36 heavy (non-hydrogen) atoms. The summed E-state index contributed by atoms with van der Waals surface area (Å²) in [6.45, 7) is 8.27. The Labute approximate surface area is 212 Å². The molecule has 1 N–H and O–H groups in total. The number of amidine groups is 1. The molecule has 3 heterocycles. The van der Waals surface area contributed by atoms with Crippen molar-refractivity contribution in [2.45, 2.75) is 39.7 Å². The molecule has 0 saturated carbocycles. The Bertz CT molecular complexity index is 1150. The minimum absolute atomic E-state index is 0.0928. The molecular formula is C26H35N6O4+. The molecule has 0 spiro atoms. The molecule has 0 bridgehead atoms. The Hall–Kier alpha value is -3.66. The van der Waals surface area contributed by atoms with Crippen molar-refractivity contribution in [3.63, 3.8) is 0 Å². The highest BCUT2D eigenvalue weighted by molar-refractivity contribution is 6.01. The summed E-state index contributed by atoms with van der Waals surface area (Å²) < 4.78 is 11.4. The third kappa shape index (κ3) is 4.99. The first-order valence-corrected chi connectivity index (χ1v) is 12.3. The second-order valence-electron chi connectivity index (χ2n) is 9.33. The predicted molar refractivity (Wildman–Crippen MR) is 139 cm³/mol. The number of carbonyl (C=O) groups excluding carboxylic acids is 2. The van der Waals surface area contributed by atoms with Gasteiger partial charge in [0.05, 0.1) is 37.8 Å². The highest BCUT2D eigenvalue weighted by Crippen LogP contribution is 2.36. The molecule has 3 aliphatic rings. The van der Waals surface area contributed by atoms with Gasteiger partial charge in [-0.05, 0) is 31.5 Å². The van der Waals surface area contributed by atoms with Crippen molar-refractivity contribution in [3.05, 3.63) is 47.7 Å². The molecule has 2 amide bonds. The van der Waals surface area contributed by atoms with Gasteiger partial charge in [-0.25, -0.2) is 9.28 Å². The molecule has 2 atom stereocenters. The maximum Gasteiger partial charge on any atom is 0.412 e. The van der Waals surface area contributed by atoms with Crippen LogP contribution in [0.3, 0.4) is 0 Å². The molecule has 1 saturated heterocycles. The molecule has 1 fully saturated rings. The number of amides is 2. The van der Waals surface area contributed by atoms with E-state index >= 15 is 0 Å². The van der Waals surface area contributed by atoms with Crippen LogP contribution >= 0.6 is 0 Å². The summed E-state index contributed by atoms with van der Waals surface area (Å²) in [7, 11) is 3.64. The molecule has 3 aliphatic heterocycles. The first-order chi connectivity index (χ1) is 17.3. The summed E-state index contributed by atoms with van der Waals surface area (Å²) in [4.78, 5) is 37.6. The van der Waals surface area contributed by atoms with Gasteiger partial charge in [-0.1, -0.05) is 13.3 Å². The third-order valence-electron chi connectivity index (χ3n) is 6.75. The number of nitrogens with one attached hydrogen (secondary N) is 1. The van der Waals surface area contributed by atoms with E-state index in [0.717, 1.165) is 35.8 Å². The summed E-state index contributed by atoms with van der Waals surface area (Å²) in [5, 5.41) is 2.79. The zero-order valence-corrected chi connectivity index (χ0v) is 21.7. The van der Waals surface area contributed by atoms with E-state index in [4.69, 9.17) is 14.5 Å². The zero-order chi connectivity index (χ0) is 25.9. The monoisotopic (exact) mass is 495 g/mol. The number of ether oxygens (including phenoxy) is 2. The number of carbonyl (C=O) groups is 2. The van der Waals surface area contributed by atoms with Gasteiger partial charge in [0.2, 0.25) is 17.4 Å². The summed E-state index contributed by atoms with van der Waals surface area (Å²) in [6, 6.07) is 5.60. The van der Waals surface area contributed by atoms with Gasteiger partial charge >= 0.3 is 6.09 Å². The predicted octanol–water partition coefficient (Wildman–Crippen LogP) is 3.53. The maximum atomic E-state index is 12.4. The van der Waals surface area contributed by atoms with Gasteiger partial charge in [0.1, 0.15) is 18.1 Å². The van der Waals surface area contributed by atoms with Crippen molar-refractivity contribution >= 4 is 29.7 Å². The quantitative estimate of drug-likeness (QED) is 0.584. The van der Waals surface area contributed by atoms with Crippen LogP contribution in [-0.4, -0.2) is 84.8 Å². The standard InChI is InChI=1S/C26H34N6O4/c1-6-7-18(2)36-26(34)28-21-9-8-20(16-23(21)35-5)25-29-24(22-17-27-10-15-32(22,25)4)31-13-11-30(12-14-31)19(3)33/h8-10,15-18H,6-7,11-14H2,1-5H3/p+1/t18-,32?/m0/s1. The largest absolute Gasteiger partial charge is 0.495 e. The molecule has 0 aromatic heterocycles. The summed E-state index contributed by atoms with van der Waals surface area (Å²) in [5.74, 6) is 2.29. The summed E-state index contributed by atoms with van der Waals surface area (Å²) in [6.07, 6.45) is 6.70. The van der Waals surface area contributed by atoms with Crippen LogP contribution in [0.4, 0.5) is 10.5 Å². The molecule has 0 radical (unpaired) electrons. The number of piperazine rings is 1. The van der Waals surface area contributed by atoms with Crippen molar-refractivity contribution in [1.82, 2.24) is 9.80 Å². The molecule has 4 rings (SSSR count). The molecule has 0 aliphatic carbocycles. The van der Waals surface area contributed by atoms with Gasteiger partial charge in [-0.3, -0.25) is 15.1 Å². The Kier molecular flexibility index (Phi) is 7.44. The minimum atomic E-state index is -0.509. The summed E-state index contributed by atoms with van der Waals surface area (Å²) in [5.41, 5.74) is 2.36. The summed E-state index contributed by atoms with van der Waals surface area (Å²) >= 11 is 0. The van der Waals surface area contributed by atoms with E-state index in [-0.39, 0.29) is 12.0 Å². The number of rotatable bonds is 7. The number of fused-ring (bicyclic) bond motifs is 1. The number of allylic oxidation sites excluding steroid dienone is 1. The molecule has 1 aromatic carbocycles. The lowest BCUT2D eigenvalue weighted by Crippen LogP contribution is -2.48. The van der Waals surface area contributed by atoms with Gasteiger partial charge in [0, 0.05) is 33.1 Å². The fourth-order valence-corrected chi connectivity index (χ4v) is 4.72. The number of quaternary nitrogens is 1. The Morgan fingerprint density at radius 3 is 2.64 bits per heavy atom. The van der Waals surface area contributed by atoms with Crippen LogP contribution < -0.4 is 10.1 Å². The van der Waals surface area contributed by atoms with Gasteiger partial charge in [-0.15, -0.1) is 0 Å². The lowest BCUT2D eigenvalue weighted by atomic mass is 10.1. The van der Waals surface area contributed by atoms with Crippen molar-refractivity contribution in [3.8, 4) is 5.75 Å². The first kappa shape index (κ1) is 25.4. The average Bonchev–Trinajstić information content (AvgIpc) is 3.17. The highest BCUT2D eigenvalue weighted by atomic mass is 16.6. The minimum Gasteiger partial charge on any atom is -0.495 e. The van der Waals surface area contributed by atoms with Gasteiger partial charge in [-0.2, -0.15) is 4.99 Å². The van der Waals surface area contributed by atoms with Gasteiger partial charge in [0.25, 0.3) is 0 Å². The zero-order valence-electron chi connectivity index (χ0n) is 21.7. The Morgan fingerprint density at radius 2 is 1.97 bits per heavy atom. The topological polar surface area (TPSA) is 95.8 Å². The van der Waals surface area contributed by atoms with Crippen LogP contribution in [0, 0.1) is 0 Å². The second-order valence-corrected chi connectivity index (χ2v) is 9.33.